The summed E-state index contributed by atoms with van der Waals surface area (Å²) in [6.45, 7) is 4.01. The van der Waals surface area contributed by atoms with E-state index in [1.165, 1.54) is 30.1 Å². The summed E-state index contributed by atoms with van der Waals surface area (Å²) in [5.41, 5.74) is 1.20. The molecule has 0 spiro atoms. The summed E-state index contributed by atoms with van der Waals surface area (Å²) < 4.78 is 6.05. The first-order valence-electron chi connectivity index (χ1n) is 6.51. The molecule has 1 fully saturated rings. The molecule has 0 amide bonds. The van der Waals surface area contributed by atoms with Gasteiger partial charge in [-0.3, -0.25) is 4.68 Å². The lowest BCUT2D eigenvalue weighted by Crippen LogP contribution is -2.42. The molecule has 1 aliphatic rings. The van der Waals surface area contributed by atoms with Crippen LogP contribution in [0.3, 0.4) is 0 Å². The molecule has 0 bridgehead atoms. The van der Waals surface area contributed by atoms with Gasteiger partial charge >= 0.3 is 0 Å². The van der Waals surface area contributed by atoms with Crippen molar-refractivity contribution in [2.24, 2.45) is 7.05 Å². The topological polar surface area (TPSA) is 58.9 Å². The lowest BCUT2D eigenvalue weighted by atomic mass is 10.1. The van der Waals surface area contributed by atoms with E-state index in [1.54, 1.807) is 0 Å². The number of hydrogen-bond acceptors (Lipinski definition) is 6. The van der Waals surface area contributed by atoms with Crippen LogP contribution in [-0.2, 0) is 7.05 Å². The molecule has 102 valence electrons. The van der Waals surface area contributed by atoms with Gasteiger partial charge in [0.25, 0.3) is 0 Å². The zero-order valence-electron chi connectivity index (χ0n) is 11.2. The lowest BCUT2D eigenvalue weighted by Gasteiger charge is -2.33. The average molecular weight is 278 g/mol. The van der Waals surface area contributed by atoms with Crippen molar-refractivity contribution in [3.05, 3.63) is 18.2 Å². The maximum Gasteiger partial charge on any atom is 0.202 e. The van der Waals surface area contributed by atoms with Crippen LogP contribution in [0.15, 0.2) is 12.4 Å². The van der Waals surface area contributed by atoms with Gasteiger partial charge in [0, 0.05) is 43.9 Å². The Morgan fingerprint density at radius 2 is 2.37 bits per heavy atom. The van der Waals surface area contributed by atoms with Gasteiger partial charge in [0.05, 0.1) is 11.9 Å². The van der Waals surface area contributed by atoms with E-state index >= 15 is 0 Å². The number of nitrogens with zero attached hydrogens (tertiary/aromatic N) is 5. The molecular formula is C12H18N6S. The number of hydrogen-bond donors (Lipinski definition) is 1. The molecule has 0 aliphatic carbocycles. The monoisotopic (exact) mass is 278 g/mol. The van der Waals surface area contributed by atoms with Crippen LogP contribution in [0.1, 0.15) is 18.7 Å². The molecule has 0 radical (unpaired) electrons. The van der Waals surface area contributed by atoms with E-state index in [9.17, 15) is 0 Å². The predicted octanol–water partition coefficient (Wildman–Crippen LogP) is 1.66. The van der Waals surface area contributed by atoms with E-state index in [2.05, 4.69) is 30.9 Å². The van der Waals surface area contributed by atoms with E-state index < -0.39 is 0 Å². The number of piperidine rings is 1. The van der Waals surface area contributed by atoms with Gasteiger partial charge < -0.3 is 10.2 Å². The zero-order chi connectivity index (χ0) is 13.2. The molecule has 0 aromatic carbocycles. The number of rotatable bonds is 3. The average Bonchev–Trinajstić information content (AvgIpc) is 2.99. The second kappa shape index (κ2) is 5.16. The van der Waals surface area contributed by atoms with Crippen molar-refractivity contribution in [3.63, 3.8) is 0 Å². The van der Waals surface area contributed by atoms with E-state index in [0.29, 0.717) is 6.04 Å². The second-order valence-electron chi connectivity index (χ2n) is 4.95. The van der Waals surface area contributed by atoms with Crippen LogP contribution < -0.4 is 10.2 Å². The fourth-order valence-electron chi connectivity index (χ4n) is 2.43. The molecule has 1 saturated heterocycles. The van der Waals surface area contributed by atoms with Crippen LogP contribution in [0.4, 0.5) is 10.8 Å². The maximum absolute atomic E-state index is 4.37. The SMILES string of the molecule is Cc1nsc(N[C@H]2CCCN(c3cnn(C)c3)C2)n1. The summed E-state index contributed by atoms with van der Waals surface area (Å²) in [4.78, 5) is 6.75. The Kier molecular flexibility index (Phi) is 3.37. The smallest absolute Gasteiger partial charge is 0.202 e. The van der Waals surface area contributed by atoms with Crippen LogP contribution in [0.2, 0.25) is 0 Å². The molecule has 1 aliphatic heterocycles. The van der Waals surface area contributed by atoms with Crippen LogP contribution >= 0.6 is 11.5 Å². The molecular weight excluding hydrogens is 260 g/mol. The Balaban J connectivity index is 1.64. The Morgan fingerprint density at radius 3 is 3.05 bits per heavy atom. The van der Waals surface area contributed by atoms with E-state index in [-0.39, 0.29) is 0 Å². The standard InChI is InChI=1S/C12H18N6S/c1-9-14-12(19-16-9)15-10-4-3-5-18(7-10)11-6-13-17(2)8-11/h6,8,10H,3-5,7H2,1-2H3,(H,14,15,16)/t10-/m0/s1. The van der Waals surface area contributed by atoms with Gasteiger partial charge in [-0.05, 0) is 19.8 Å². The van der Waals surface area contributed by atoms with Crippen molar-refractivity contribution < 1.29 is 0 Å². The van der Waals surface area contributed by atoms with Crippen LogP contribution in [0, 0.1) is 6.92 Å². The molecule has 0 unspecified atom stereocenters. The van der Waals surface area contributed by atoms with Gasteiger partial charge in [-0.1, -0.05) is 0 Å². The first-order chi connectivity index (χ1) is 9.20. The largest absolute Gasteiger partial charge is 0.367 e. The highest BCUT2D eigenvalue weighted by molar-refractivity contribution is 7.09. The van der Waals surface area contributed by atoms with E-state index in [4.69, 9.17) is 0 Å². The predicted molar refractivity (Wildman–Crippen MR) is 76.7 cm³/mol. The molecule has 1 atom stereocenters. The quantitative estimate of drug-likeness (QED) is 0.925. The third kappa shape index (κ3) is 2.86. The first-order valence-corrected chi connectivity index (χ1v) is 7.28. The van der Waals surface area contributed by atoms with Crippen molar-refractivity contribution in [1.82, 2.24) is 19.1 Å². The zero-order valence-corrected chi connectivity index (χ0v) is 12.0. The van der Waals surface area contributed by atoms with Crippen LogP contribution in [0.25, 0.3) is 0 Å². The van der Waals surface area contributed by atoms with Crippen LogP contribution in [-0.4, -0.2) is 38.3 Å². The Bertz CT molecular complexity index is 548. The third-order valence-corrected chi connectivity index (χ3v) is 4.07. The van der Waals surface area contributed by atoms with Crippen molar-refractivity contribution in [1.29, 1.82) is 0 Å². The molecule has 1 N–H and O–H groups in total. The molecule has 3 rings (SSSR count). The third-order valence-electron chi connectivity index (χ3n) is 3.33. The minimum atomic E-state index is 0.432. The molecule has 2 aromatic rings. The fourth-order valence-corrected chi connectivity index (χ4v) is 3.08. The summed E-state index contributed by atoms with van der Waals surface area (Å²) in [7, 11) is 1.95. The summed E-state index contributed by atoms with van der Waals surface area (Å²) >= 11 is 1.44. The summed E-state index contributed by atoms with van der Waals surface area (Å²) in [5, 5.41) is 8.65. The molecule has 2 aromatic heterocycles. The van der Waals surface area contributed by atoms with Gasteiger partial charge in [0.2, 0.25) is 5.13 Å². The number of nitrogens with one attached hydrogen (secondary N) is 1. The van der Waals surface area contributed by atoms with Gasteiger partial charge in [0.15, 0.2) is 0 Å². The normalized spacial score (nSPS) is 19.7. The van der Waals surface area contributed by atoms with E-state index in [0.717, 1.165) is 24.0 Å². The highest BCUT2D eigenvalue weighted by atomic mass is 32.1. The highest BCUT2D eigenvalue weighted by Crippen LogP contribution is 2.22. The first kappa shape index (κ1) is 12.4. The summed E-state index contributed by atoms with van der Waals surface area (Å²) in [6, 6.07) is 0.432. The van der Waals surface area contributed by atoms with Gasteiger partial charge in [-0.2, -0.15) is 9.47 Å². The molecule has 7 heteroatoms. The Labute approximate surface area is 116 Å². The highest BCUT2D eigenvalue weighted by Gasteiger charge is 2.21. The molecule has 19 heavy (non-hydrogen) atoms. The fraction of sp³-hybridized carbons (Fsp3) is 0.583. The van der Waals surface area contributed by atoms with Gasteiger partial charge in [0.1, 0.15) is 5.82 Å². The number of aryl methyl sites for hydroxylation is 2. The molecule has 6 nitrogen and oxygen atoms in total. The minimum Gasteiger partial charge on any atom is -0.367 e. The number of aromatic nitrogens is 4. The van der Waals surface area contributed by atoms with Gasteiger partial charge in [-0.25, -0.2) is 4.98 Å². The second-order valence-corrected chi connectivity index (χ2v) is 5.70. The maximum atomic E-state index is 4.37. The van der Waals surface area contributed by atoms with Crippen LogP contribution in [0.5, 0.6) is 0 Å². The summed E-state index contributed by atoms with van der Waals surface area (Å²) in [5.74, 6) is 0.840. The Morgan fingerprint density at radius 1 is 1.47 bits per heavy atom. The molecule has 0 saturated carbocycles. The van der Waals surface area contributed by atoms with E-state index in [1.807, 2.05) is 24.9 Å². The Hall–Kier alpha value is -1.63. The molecule has 3 heterocycles. The van der Waals surface area contributed by atoms with Crippen molar-refractivity contribution in [2.75, 3.05) is 23.3 Å². The van der Waals surface area contributed by atoms with Crippen molar-refractivity contribution in [2.45, 2.75) is 25.8 Å². The van der Waals surface area contributed by atoms with Crippen molar-refractivity contribution in [3.8, 4) is 0 Å². The minimum absolute atomic E-state index is 0.432. The number of anilines is 2. The van der Waals surface area contributed by atoms with Crippen molar-refractivity contribution >= 4 is 22.4 Å². The summed E-state index contributed by atoms with van der Waals surface area (Å²) in [6.07, 6.45) is 6.36. The lowest BCUT2D eigenvalue weighted by molar-refractivity contribution is 0.530. The van der Waals surface area contributed by atoms with Gasteiger partial charge in [-0.15, -0.1) is 0 Å².